The summed E-state index contributed by atoms with van der Waals surface area (Å²) < 4.78 is 10.5. The topological polar surface area (TPSA) is 59.6 Å². The molecule has 1 aromatic carbocycles. The van der Waals surface area contributed by atoms with E-state index in [1.165, 1.54) is 5.56 Å². The predicted octanol–water partition coefficient (Wildman–Crippen LogP) is 2.28. The van der Waals surface area contributed by atoms with Gasteiger partial charge in [0.15, 0.2) is 0 Å². The zero-order valence-corrected chi connectivity index (χ0v) is 13.1. The van der Waals surface area contributed by atoms with E-state index in [4.69, 9.17) is 9.47 Å². The van der Waals surface area contributed by atoms with Gasteiger partial charge < -0.3 is 20.1 Å². The Kier molecular flexibility index (Phi) is 4.73. The second-order valence-electron chi connectivity index (χ2n) is 6.29. The fraction of sp³-hybridized carbons (Fsp3) is 0.562. The number of alkyl carbamates (subject to hydrolysis) is 1. The van der Waals surface area contributed by atoms with Gasteiger partial charge in [-0.05, 0) is 38.5 Å². The summed E-state index contributed by atoms with van der Waals surface area (Å²) in [5.41, 5.74) is 0.702. The third-order valence-electron chi connectivity index (χ3n) is 3.46. The average Bonchev–Trinajstić information content (AvgIpc) is 2.84. The first-order valence-corrected chi connectivity index (χ1v) is 7.23. The van der Waals surface area contributed by atoms with Crippen molar-refractivity contribution in [2.75, 3.05) is 20.2 Å². The lowest BCUT2D eigenvalue weighted by Crippen LogP contribution is -2.42. The zero-order chi connectivity index (χ0) is 15.5. The lowest BCUT2D eigenvalue weighted by molar-refractivity contribution is 0.0504. The highest BCUT2D eigenvalue weighted by atomic mass is 16.6. The molecular formula is C16H24N2O3. The summed E-state index contributed by atoms with van der Waals surface area (Å²) >= 11 is 0. The minimum atomic E-state index is -0.480. The van der Waals surface area contributed by atoms with E-state index >= 15 is 0 Å². The van der Waals surface area contributed by atoms with Gasteiger partial charge in [0.05, 0.1) is 13.2 Å². The number of rotatable bonds is 3. The molecular weight excluding hydrogens is 268 g/mol. The SMILES string of the molecule is COc1ccc([C@@H]2CNC[C@H]2NC(=O)OC(C)(C)C)cc1. The van der Waals surface area contributed by atoms with Crippen LogP contribution in [0, 0.1) is 0 Å². The number of hydrogen-bond donors (Lipinski definition) is 2. The first kappa shape index (κ1) is 15.6. The maximum Gasteiger partial charge on any atom is 0.407 e. The molecule has 1 fully saturated rings. The molecule has 0 unspecified atom stereocenters. The Morgan fingerprint density at radius 1 is 1.24 bits per heavy atom. The molecule has 1 saturated heterocycles. The minimum absolute atomic E-state index is 0.0354. The van der Waals surface area contributed by atoms with E-state index in [0.29, 0.717) is 0 Å². The molecule has 5 nitrogen and oxygen atoms in total. The molecule has 0 radical (unpaired) electrons. The molecule has 1 amide bonds. The van der Waals surface area contributed by atoms with Crippen LogP contribution >= 0.6 is 0 Å². The van der Waals surface area contributed by atoms with Crippen LogP contribution in [0.25, 0.3) is 0 Å². The normalized spacial score (nSPS) is 21.9. The van der Waals surface area contributed by atoms with Gasteiger partial charge in [0, 0.05) is 19.0 Å². The van der Waals surface area contributed by atoms with Crippen LogP contribution < -0.4 is 15.4 Å². The van der Waals surface area contributed by atoms with Gasteiger partial charge in [-0.3, -0.25) is 0 Å². The zero-order valence-electron chi connectivity index (χ0n) is 13.1. The molecule has 0 aliphatic carbocycles. The van der Waals surface area contributed by atoms with Crippen molar-refractivity contribution in [1.29, 1.82) is 0 Å². The molecule has 0 spiro atoms. The second kappa shape index (κ2) is 6.35. The molecule has 2 rings (SSSR count). The molecule has 5 heteroatoms. The molecule has 0 saturated carbocycles. The number of amides is 1. The van der Waals surface area contributed by atoms with Crippen molar-refractivity contribution in [3.63, 3.8) is 0 Å². The largest absolute Gasteiger partial charge is 0.497 e. The lowest BCUT2D eigenvalue weighted by Gasteiger charge is -2.24. The van der Waals surface area contributed by atoms with Gasteiger partial charge in [-0.1, -0.05) is 12.1 Å². The molecule has 0 aromatic heterocycles. The van der Waals surface area contributed by atoms with Crippen molar-refractivity contribution in [3.05, 3.63) is 29.8 Å². The first-order chi connectivity index (χ1) is 9.89. The van der Waals surface area contributed by atoms with Crippen LogP contribution in [0.2, 0.25) is 0 Å². The third kappa shape index (κ3) is 4.36. The average molecular weight is 292 g/mol. The fourth-order valence-corrected chi connectivity index (χ4v) is 2.49. The van der Waals surface area contributed by atoms with Gasteiger partial charge in [-0.15, -0.1) is 0 Å². The van der Waals surface area contributed by atoms with E-state index in [1.54, 1.807) is 7.11 Å². The van der Waals surface area contributed by atoms with Gasteiger partial charge in [0.25, 0.3) is 0 Å². The molecule has 21 heavy (non-hydrogen) atoms. The lowest BCUT2D eigenvalue weighted by atomic mass is 9.94. The Morgan fingerprint density at radius 3 is 2.48 bits per heavy atom. The Morgan fingerprint density at radius 2 is 1.90 bits per heavy atom. The van der Waals surface area contributed by atoms with Gasteiger partial charge >= 0.3 is 6.09 Å². The predicted molar refractivity (Wildman–Crippen MR) is 81.8 cm³/mol. The minimum Gasteiger partial charge on any atom is -0.497 e. The summed E-state index contributed by atoms with van der Waals surface area (Å²) in [6.45, 7) is 7.17. The van der Waals surface area contributed by atoms with Gasteiger partial charge in [0.2, 0.25) is 0 Å². The van der Waals surface area contributed by atoms with Crippen LogP contribution in [0.1, 0.15) is 32.3 Å². The summed E-state index contributed by atoms with van der Waals surface area (Å²) in [5, 5.41) is 6.27. The van der Waals surface area contributed by atoms with Crippen LogP contribution in [0.4, 0.5) is 4.79 Å². The molecule has 2 N–H and O–H groups in total. The molecule has 116 valence electrons. The van der Waals surface area contributed by atoms with Gasteiger partial charge in [0.1, 0.15) is 11.4 Å². The van der Waals surface area contributed by atoms with Crippen molar-refractivity contribution in [3.8, 4) is 5.75 Å². The summed E-state index contributed by atoms with van der Waals surface area (Å²) in [4.78, 5) is 11.9. The number of nitrogens with one attached hydrogen (secondary N) is 2. The van der Waals surface area contributed by atoms with Crippen molar-refractivity contribution < 1.29 is 14.3 Å². The molecule has 1 heterocycles. The first-order valence-electron chi connectivity index (χ1n) is 7.23. The van der Waals surface area contributed by atoms with E-state index < -0.39 is 5.60 Å². The van der Waals surface area contributed by atoms with Crippen molar-refractivity contribution in [2.45, 2.75) is 38.3 Å². The maximum absolute atomic E-state index is 11.9. The number of methoxy groups -OCH3 is 1. The molecule has 2 atom stereocenters. The Labute approximate surface area is 126 Å². The Balaban J connectivity index is 2.01. The van der Waals surface area contributed by atoms with Crippen LogP contribution in [-0.2, 0) is 4.74 Å². The Bertz CT molecular complexity index is 479. The monoisotopic (exact) mass is 292 g/mol. The number of hydrogen-bond acceptors (Lipinski definition) is 4. The molecule has 1 aliphatic rings. The van der Waals surface area contributed by atoms with E-state index in [2.05, 4.69) is 10.6 Å². The number of carbonyl (C=O) groups is 1. The highest BCUT2D eigenvalue weighted by Crippen LogP contribution is 2.25. The number of carbonyl (C=O) groups excluding carboxylic acids is 1. The summed E-state index contributed by atoms with van der Waals surface area (Å²) in [7, 11) is 1.65. The molecule has 1 aliphatic heterocycles. The quantitative estimate of drug-likeness (QED) is 0.897. The van der Waals surface area contributed by atoms with Gasteiger partial charge in [-0.2, -0.15) is 0 Å². The van der Waals surface area contributed by atoms with Crippen molar-refractivity contribution in [2.24, 2.45) is 0 Å². The van der Waals surface area contributed by atoms with E-state index in [1.807, 2.05) is 45.0 Å². The van der Waals surface area contributed by atoms with Crippen LogP contribution in [0.15, 0.2) is 24.3 Å². The van der Waals surface area contributed by atoms with Crippen LogP contribution in [0.3, 0.4) is 0 Å². The van der Waals surface area contributed by atoms with Crippen molar-refractivity contribution in [1.82, 2.24) is 10.6 Å². The second-order valence-corrected chi connectivity index (χ2v) is 6.29. The Hall–Kier alpha value is -1.75. The number of ether oxygens (including phenoxy) is 2. The standard InChI is InChI=1S/C16H24N2O3/c1-16(2,3)21-15(19)18-14-10-17-9-13(14)11-5-7-12(20-4)8-6-11/h5-8,13-14,17H,9-10H2,1-4H3,(H,18,19)/t13-,14+/m0/s1. The van der Waals surface area contributed by atoms with E-state index in [-0.39, 0.29) is 18.1 Å². The van der Waals surface area contributed by atoms with Crippen LogP contribution in [0.5, 0.6) is 5.75 Å². The highest BCUT2D eigenvalue weighted by molar-refractivity contribution is 5.68. The van der Waals surface area contributed by atoms with Crippen molar-refractivity contribution >= 4 is 6.09 Å². The summed E-state index contributed by atoms with van der Waals surface area (Å²) in [5.74, 6) is 1.07. The van der Waals surface area contributed by atoms with E-state index in [9.17, 15) is 4.79 Å². The fourth-order valence-electron chi connectivity index (χ4n) is 2.49. The molecule has 0 bridgehead atoms. The third-order valence-corrected chi connectivity index (χ3v) is 3.46. The number of benzene rings is 1. The van der Waals surface area contributed by atoms with Gasteiger partial charge in [-0.25, -0.2) is 4.79 Å². The summed E-state index contributed by atoms with van der Waals surface area (Å²) in [6, 6.07) is 8.00. The smallest absolute Gasteiger partial charge is 0.407 e. The van der Waals surface area contributed by atoms with E-state index in [0.717, 1.165) is 18.8 Å². The summed E-state index contributed by atoms with van der Waals surface area (Å²) in [6.07, 6.45) is -0.366. The van der Waals surface area contributed by atoms with Crippen LogP contribution in [-0.4, -0.2) is 37.9 Å². The maximum atomic E-state index is 11.9. The highest BCUT2D eigenvalue weighted by Gasteiger charge is 2.31. The molecule has 1 aromatic rings.